The van der Waals surface area contributed by atoms with Gasteiger partial charge in [0.2, 0.25) is 0 Å². The average molecular weight is 293 g/mol. The lowest BCUT2D eigenvalue weighted by Crippen LogP contribution is -2.30. The summed E-state index contributed by atoms with van der Waals surface area (Å²) in [5.41, 5.74) is 1.77. The van der Waals surface area contributed by atoms with Crippen LogP contribution in [-0.4, -0.2) is 38.3 Å². The third-order valence-corrected chi connectivity index (χ3v) is 3.72. The normalized spacial score (nSPS) is 18.3. The number of anilines is 2. The van der Waals surface area contributed by atoms with Gasteiger partial charge in [-0.25, -0.2) is 0 Å². The Hall–Kier alpha value is -1.82. The first-order valence-electron chi connectivity index (χ1n) is 7.42. The van der Waals surface area contributed by atoms with Crippen molar-refractivity contribution in [3.05, 3.63) is 28.3 Å². The molecule has 1 aromatic carbocycles. The van der Waals surface area contributed by atoms with Crippen LogP contribution in [0, 0.1) is 16.0 Å². The highest BCUT2D eigenvalue weighted by atomic mass is 16.6. The van der Waals surface area contributed by atoms with Gasteiger partial charge in [-0.2, -0.15) is 0 Å². The zero-order valence-corrected chi connectivity index (χ0v) is 12.7. The molecule has 0 aliphatic carbocycles. The lowest BCUT2D eigenvalue weighted by Gasteiger charge is -2.28. The van der Waals surface area contributed by atoms with Gasteiger partial charge in [0, 0.05) is 50.3 Å². The highest BCUT2D eigenvalue weighted by molar-refractivity contribution is 5.64. The largest absolute Gasteiger partial charge is 0.385 e. The molecule has 1 aliphatic heterocycles. The minimum Gasteiger partial charge on any atom is -0.385 e. The minimum absolute atomic E-state index is 0.121. The zero-order chi connectivity index (χ0) is 15.2. The smallest absolute Gasteiger partial charge is 0.273 e. The molecule has 1 aromatic rings. The monoisotopic (exact) mass is 293 g/mol. The predicted molar refractivity (Wildman–Crippen MR) is 84.1 cm³/mol. The van der Waals surface area contributed by atoms with E-state index >= 15 is 0 Å². The Morgan fingerprint density at radius 1 is 1.48 bits per heavy atom. The van der Waals surface area contributed by atoms with E-state index in [-0.39, 0.29) is 10.6 Å². The van der Waals surface area contributed by atoms with Crippen molar-refractivity contribution >= 4 is 17.1 Å². The minimum atomic E-state index is -0.345. The molecule has 0 bridgehead atoms. The number of rotatable bonds is 6. The molecule has 0 spiro atoms. The molecule has 116 valence electrons. The fourth-order valence-electron chi connectivity index (χ4n) is 2.67. The van der Waals surface area contributed by atoms with Crippen molar-refractivity contribution in [2.75, 3.05) is 43.6 Å². The Kier molecular flexibility index (Phi) is 5.38. The summed E-state index contributed by atoms with van der Waals surface area (Å²) in [5.74, 6) is 0.491. The average Bonchev–Trinajstić information content (AvgIpc) is 2.48. The maximum atomic E-state index is 11.1. The summed E-state index contributed by atoms with van der Waals surface area (Å²) in [5, 5.41) is 14.2. The molecule has 1 aliphatic rings. The van der Waals surface area contributed by atoms with E-state index in [0.717, 1.165) is 50.5 Å². The number of nitro groups is 1. The Morgan fingerprint density at radius 2 is 2.29 bits per heavy atom. The number of nitrogens with zero attached hydrogens (tertiary/aromatic N) is 2. The Morgan fingerprint density at radius 3 is 2.90 bits per heavy atom. The van der Waals surface area contributed by atoms with Crippen molar-refractivity contribution in [2.45, 2.75) is 19.8 Å². The Balaban J connectivity index is 2.13. The van der Waals surface area contributed by atoms with Gasteiger partial charge in [0.1, 0.15) is 0 Å². The van der Waals surface area contributed by atoms with E-state index < -0.39 is 0 Å². The summed E-state index contributed by atoms with van der Waals surface area (Å²) >= 11 is 0. The number of nitro benzene ring substituents is 1. The molecule has 1 N–H and O–H groups in total. The van der Waals surface area contributed by atoms with Gasteiger partial charge >= 0.3 is 0 Å². The van der Waals surface area contributed by atoms with Gasteiger partial charge in [0.15, 0.2) is 0 Å². The van der Waals surface area contributed by atoms with E-state index in [9.17, 15) is 10.1 Å². The van der Waals surface area contributed by atoms with Crippen molar-refractivity contribution in [3.8, 4) is 0 Å². The predicted octanol–water partition coefficient (Wildman–Crippen LogP) is 2.89. The maximum absolute atomic E-state index is 11.1. The molecule has 6 heteroatoms. The molecule has 0 amide bonds. The number of ether oxygens (including phenoxy) is 1. The molecule has 21 heavy (non-hydrogen) atoms. The third kappa shape index (κ3) is 4.32. The van der Waals surface area contributed by atoms with Crippen molar-refractivity contribution in [1.29, 1.82) is 0 Å². The summed E-state index contributed by atoms with van der Waals surface area (Å²) in [6.45, 7) is 5.19. The van der Waals surface area contributed by atoms with Gasteiger partial charge in [-0.15, -0.1) is 0 Å². The van der Waals surface area contributed by atoms with Gasteiger partial charge in [0.05, 0.1) is 11.5 Å². The first-order chi connectivity index (χ1) is 10.1. The van der Waals surface area contributed by atoms with Crippen LogP contribution in [0.3, 0.4) is 0 Å². The van der Waals surface area contributed by atoms with Crippen LogP contribution in [0.4, 0.5) is 17.1 Å². The molecule has 1 atom stereocenters. The van der Waals surface area contributed by atoms with Crippen LogP contribution in [0.15, 0.2) is 18.2 Å². The number of nitrogens with one attached hydrogen (secondary N) is 1. The fraction of sp³-hybridized carbons (Fsp3) is 0.600. The van der Waals surface area contributed by atoms with Gasteiger partial charge < -0.3 is 15.0 Å². The summed E-state index contributed by atoms with van der Waals surface area (Å²) in [4.78, 5) is 12.8. The van der Waals surface area contributed by atoms with Crippen molar-refractivity contribution in [1.82, 2.24) is 0 Å². The van der Waals surface area contributed by atoms with Crippen LogP contribution >= 0.6 is 0 Å². The SMILES string of the molecule is CCNc1cc(N(C)CC2CCCOC2)cc([N+](=O)[O-])c1. The zero-order valence-electron chi connectivity index (χ0n) is 12.7. The molecule has 1 heterocycles. The van der Waals surface area contributed by atoms with Gasteiger partial charge in [-0.05, 0) is 31.7 Å². The lowest BCUT2D eigenvalue weighted by molar-refractivity contribution is -0.384. The molecule has 1 unspecified atom stereocenters. The van der Waals surface area contributed by atoms with Gasteiger partial charge in [-0.1, -0.05) is 0 Å². The van der Waals surface area contributed by atoms with E-state index in [1.165, 1.54) is 0 Å². The number of benzene rings is 1. The van der Waals surface area contributed by atoms with Crippen LogP contribution in [0.5, 0.6) is 0 Å². The van der Waals surface area contributed by atoms with Crippen molar-refractivity contribution in [3.63, 3.8) is 0 Å². The van der Waals surface area contributed by atoms with Gasteiger partial charge in [-0.3, -0.25) is 10.1 Å². The van der Waals surface area contributed by atoms with Crippen molar-refractivity contribution in [2.24, 2.45) is 5.92 Å². The maximum Gasteiger partial charge on any atom is 0.273 e. The number of non-ortho nitro benzene ring substituents is 1. The van der Waals surface area contributed by atoms with E-state index in [0.29, 0.717) is 5.92 Å². The summed E-state index contributed by atoms with van der Waals surface area (Å²) < 4.78 is 5.50. The highest BCUT2D eigenvalue weighted by Gasteiger charge is 2.18. The van der Waals surface area contributed by atoms with E-state index in [1.807, 2.05) is 20.0 Å². The summed E-state index contributed by atoms with van der Waals surface area (Å²) in [7, 11) is 1.98. The molecule has 6 nitrogen and oxygen atoms in total. The lowest BCUT2D eigenvalue weighted by atomic mass is 10.0. The van der Waals surface area contributed by atoms with E-state index in [1.54, 1.807) is 12.1 Å². The van der Waals surface area contributed by atoms with Crippen LogP contribution < -0.4 is 10.2 Å². The molecular formula is C15H23N3O3. The molecule has 2 rings (SSSR count). The number of hydrogen-bond acceptors (Lipinski definition) is 5. The molecule has 0 saturated carbocycles. The Bertz CT molecular complexity index is 487. The van der Waals surface area contributed by atoms with Crippen LogP contribution in [0.25, 0.3) is 0 Å². The first-order valence-corrected chi connectivity index (χ1v) is 7.42. The summed E-state index contributed by atoms with van der Waals surface area (Å²) in [6.07, 6.45) is 2.25. The second kappa shape index (κ2) is 7.26. The third-order valence-electron chi connectivity index (χ3n) is 3.72. The molecule has 0 radical (unpaired) electrons. The second-order valence-corrected chi connectivity index (χ2v) is 5.49. The van der Waals surface area contributed by atoms with E-state index in [4.69, 9.17) is 4.74 Å². The summed E-state index contributed by atoms with van der Waals surface area (Å²) in [6, 6.07) is 5.16. The first kappa shape index (κ1) is 15.6. The quantitative estimate of drug-likeness (QED) is 0.645. The second-order valence-electron chi connectivity index (χ2n) is 5.49. The van der Waals surface area contributed by atoms with E-state index in [2.05, 4.69) is 10.2 Å². The van der Waals surface area contributed by atoms with Crippen molar-refractivity contribution < 1.29 is 9.66 Å². The standard InChI is InChI=1S/C15H23N3O3/c1-3-16-13-7-14(9-15(8-13)18(19)20)17(2)10-12-5-4-6-21-11-12/h7-9,12,16H,3-6,10-11H2,1-2H3. The molecule has 1 saturated heterocycles. The highest BCUT2D eigenvalue weighted by Crippen LogP contribution is 2.27. The number of hydrogen-bond donors (Lipinski definition) is 1. The molecule has 1 fully saturated rings. The van der Waals surface area contributed by atoms with Crippen LogP contribution in [0.2, 0.25) is 0 Å². The van der Waals surface area contributed by atoms with Crippen LogP contribution in [0.1, 0.15) is 19.8 Å². The topological polar surface area (TPSA) is 67.6 Å². The van der Waals surface area contributed by atoms with Crippen LogP contribution in [-0.2, 0) is 4.74 Å². The molecular weight excluding hydrogens is 270 g/mol. The Labute approximate surface area is 125 Å². The molecule has 0 aromatic heterocycles. The fourth-order valence-corrected chi connectivity index (χ4v) is 2.67. The van der Waals surface area contributed by atoms with Gasteiger partial charge in [0.25, 0.3) is 5.69 Å².